The average Bonchev–Trinajstić information content (AvgIpc) is 2.21. The zero-order valence-electron chi connectivity index (χ0n) is 7.93. The number of benzene rings is 1. The summed E-state index contributed by atoms with van der Waals surface area (Å²) in [4.78, 5) is 11.3. The Balaban J connectivity index is 2.84. The second-order valence-electron chi connectivity index (χ2n) is 2.72. The van der Waals surface area contributed by atoms with E-state index in [1.165, 1.54) is 0 Å². The Morgan fingerprint density at radius 2 is 2.14 bits per heavy atom. The Morgan fingerprint density at radius 1 is 1.50 bits per heavy atom. The van der Waals surface area contributed by atoms with Crippen LogP contribution in [-0.4, -0.2) is 12.6 Å². The van der Waals surface area contributed by atoms with E-state index in [4.69, 9.17) is 10.00 Å². The third-order valence-electron chi connectivity index (χ3n) is 1.78. The smallest absolute Gasteiger partial charge is 0.327 e. The van der Waals surface area contributed by atoms with Gasteiger partial charge in [0.25, 0.3) is 0 Å². The first-order valence-electron chi connectivity index (χ1n) is 4.40. The molecule has 1 aromatic carbocycles. The number of nitrogens with zero attached hydrogens (tertiary/aromatic N) is 1. The average molecular weight is 189 g/mol. The molecule has 0 saturated carbocycles. The summed E-state index contributed by atoms with van der Waals surface area (Å²) in [7, 11) is 0. The fourth-order valence-corrected chi connectivity index (χ4v) is 1.13. The Bertz CT molecular complexity index is 340. The summed E-state index contributed by atoms with van der Waals surface area (Å²) in [6, 6.07) is 10.8. The molecule has 0 bridgehead atoms. The predicted octanol–water partition coefficient (Wildman–Crippen LogP) is 1.86. The fraction of sp³-hybridized carbons (Fsp3) is 0.273. The summed E-state index contributed by atoms with van der Waals surface area (Å²) < 4.78 is 4.79. The zero-order chi connectivity index (χ0) is 10.4. The summed E-state index contributed by atoms with van der Waals surface area (Å²) in [6.45, 7) is 2.02. The number of carbonyl (C=O) groups excluding carboxylic acids is 1. The minimum Gasteiger partial charge on any atom is -0.465 e. The van der Waals surface area contributed by atoms with Gasteiger partial charge < -0.3 is 4.74 Å². The van der Waals surface area contributed by atoms with Crippen molar-refractivity contribution in [2.75, 3.05) is 6.61 Å². The number of ether oxygens (including phenoxy) is 1. The SMILES string of the molecule is CCOC(=O)[C@H](C#N)c1ccccc1. The molecule has 0 aliphatic carbocycles. The van der Waals surface area contributed by atoms with E-state index in [0.29, 0.717) is 12.2 Å². The molecule has 14 heavy (non-hydrogen) atoms. The fourth-order valence-electron chi connectivity index (χ4n) is 1.13. The van der Waals surface area contributed by atoms with Crippen LogP contribution >= 0.6 is 0 Å². The molecular formula is C11H11NO2. The normalized spacial score (nSPS) is 11.4. The quantitative estimate of drug-likeness (QED) is 0.682. The Labute approximate surface area is 82.9 Å². The van der Waals surface area contributed by atoms with Crippen LogP contribution in [0.25, 0.3) is 0 Å². The lowest BCUT2D eigenvalue weighted by molar-refractivity contribution is -0.143. The lowest BCUT2D eigenvalue weighted by atomic mass is 10.0. The van der Waals surface area contributed by atoms with Crippen molar-refractivity contribution in [3.05, 3.63) is 35.9 Å². The van der Waals surface area contributed by atoms with Gasteiger partial charge in [-0.3, -0.25) is 4.79 Å². The van der Waals surface area contributed by atoms with Gasteiger partial charge in [-0.15, -0.1) is 0 Å². The van der Waals surface area contributed by atoms with Crippen molar-refractivity contribution in [3.63, 3.8) is 0 Å². The Morgan fingerprint density at radius 3 is 2.64 bits per heavy atom. The number of hydrogen-bond donors (Lipinski definition) is 0. The molecule has 0 heterocycles. The van der Waals surface area contributed by atoms with E-state index in [1.807, 2.05) is 12.1 Å². The Hall–Kier alpha value is -1.82. The lowest BCUT2D eigenvalue weighted by Crippen LogP contribution is -2.14. The molecule has 0 N–H and O–H groups in total. The lowest BCUT2D eigenvalue weighted by Gasteiger charge is -2.07. The molecule has 0 aromatic heterocycles. The van der Waals surface area contributed by atoms with E-state index in [-0.39, 0.29) is 0 Å². The van der Waals surface area contributed by atoms with E-state index in [0.717, 1.165) is 0 Å². The molecule has 0 unspecified atom stereocenters. The van der Waals surface area contributed by atoms with Gasteiger partial charge in [0.15, 0.2) is 5.92 Å². The number of carbonyl (C=O) groups is 1. The van der Waals surface area contributed by atoms with Gasteiger partial charge in [0, 0.05) is 0 Å². The first-order chi connectivity index (χ1) is 6.79. The van der Waals surface area contributed by atoms with Gasteiger partial charge in [0.1, 0.15) is 0 Å². The predicted molar refractivity (Wildman–Crippen MR) is 51.4 cm³/mol. The molecule has 1 rings (SSSR count). The van der Waals surface area contributed by atoms with Gasteiger partial charge >= 0.3 is 5.97 Å². The first-order valence-corrected chi connectivity index (χ1v) is 4.40. The molecule has 72 valence electrons. The van der Waals surface area contributed by atoms with Crippen molar-refractivity contribution in [1.29, 1.82) is 5.26 Å². The van der Waals surface area contributed by atoms with E-state index in [2.05, 4.69) is 0 Å². The molecule has 3 nitrogen and oxygen atoms in total. The van der Waals surface area contributed by atoms with Crippen LogP contribution < -0.4 is 0 Å². The summed E-state index contributed by atoms with van der Waals surface area (Å²) in [6.07, 6.45) is 0. The monoisotopic (exact) mass is 189 g/mol. The number of esters is 1. The first kappa shape index (κ1) is 10.3. The molecule has 1 aromatic rings. The van der Waals surface area contributed by atoms with E-state index < -0.39 is 11.9 Å². The topological polar surface area (TPSA) is 50.1 Å². The Kier molecular flexibility index (Phi) is 3.69. The minimum absolute atomic E-state index is 0.295. The maximum Gasteiger partial charge on any atom is 0.327 e. The van der Waals surface area contributed by atoms with Gasteiger partial charge in [-0.2, -0.15) is 5.26 Å². The zero-order valence-corrected chi connectivity index (χ0v) is 7.93. The van der Waals surface area contributed by atoms with Crippen LogP contribution in [0, 0.1) is 11.3 Å². The van der Waals surface area contributed by atoms with Crippen LogP contribution in [0.4, 0.5) is 0 Å². The molecule has 0 amide bonds. The van der Waals surface area contributed by atoms with Gasteiger partial charge in [0.05, 0.1) is 12.7 Å². The largest absolute Gasteiger partial charge is 0.465 e. The highest BCUT2D eigenvalue weighted by Gasteiger charge is 2.20. The van der Waals surface area contributed by atoms with Gasteiger partial charge in [-0.25, -0.2) is 0 Å². The summed E-state index contributed by atoms with van der Waals surface area (Å²) in [5.41, 5.74) is 0.674. The highest BCUT2D eigenvalue weighted by Crippen LogP contribution is 2.15. The van der Waals surface area contributed by atoms with Gasteiger partial charge in [-0.05, 0) is 12.5 Å². The van der Waals surface area contributed by atoms with E-state index in [1.54, 1.807) is 31.2 Å². The molecule has 0 aliphatic rings. The molecule has 0 fully saturated rings. The maximum absolute atomic E-state index is 11.3. The van der Waals surface area contributed by atoms with Crippen LogP contribution in [0.2, 0.25) is 0 Å². The van der Waals surface area contributed by atoms with Crippen LogP contribution in [0.1, 0.15) is 18.4 Å². The van der Waals surface area contributed by atoms with Crippen LogP contribution in [-0.2, 0) is 9.53 Å². The van der Waals surface area contributed by atoms with Crippen molar-refractivity contribution < 1.29 is 9.53 Å². The third kappa shape index (κ3) is 2.33. The van der Waals surface area contributed by atoms with Crippen molar-refractivity contribution in [3.8, 4) is 6.07 Å². The summed E-state index contributed by atoms with van der Waals surface area (Å²) in [5, 5.41) is 8.83. The second kappa shape index (κ2) is 5.03. The second-order valence-corrected chi connectivity index (χ2v) is 2.72. The molecule has 0 spiro atoms. The molecular weight excluding hydrogens is 178 g/mol. The minimum atomic E-state index is -0.809. The van der Waals surface area contributed by atoms with E-state index >= 15 is 0 Å². The van der Waals surface area contributed by atoms with Crippen LogP contribution in [0.5, 0.6) is 0 Å². The highest BCUT2D eigenvalue weighted by molar-refractivity contribution is 5.81. The molecule has 3 heteroatoms. The number of nitriles is 1. The van der Waals surface area contributed by atoms with Crippen LogP contribution in [0.15, 0.2) is 30.3 Å². The maximum atomic E-state index is 11.3. The number of rotatable bonds is 3. The van der Waals surface area contributed by atoms with Crippen molar-refractivity contribution in [1.82, 2.24) is 0 Å². The van der Waals surface area contributed by atoms with Crippen LogP contribution in [0.3, 0.4) is 0 Å². The van der Waals surface area contributed by atoms with Gasteiger partial charge in [-0.1, -0.05) is 30.3 Å². The van der Waals surface area contributed by atoms with Crippen molar-refractivity contribution >= 4 is 5.97 Å². The third-order valence-corrected chi connectivity index (χ3v) is 1.78. The highest BCUT2D eigenvalue weighted by atomic mass is 16.5. The molecule has 0 saturated heterocycles. The molecule has 0 radical (unpaired) electrons. The summed E-state index contributed by atoms with van der Waals surface area (Å²) >= 11 is 0. The van der Waals surface area contributed by atoms with Crippen molar-refractivity contribution in [2.45, 2.75) is 12.8 Å². The summed E-state index contributed by atoms with van der Waals surface area (Å²) in [5.74, 6) is -1.29. The standard InChI is InChI=1S/C11H11NO2/c1-2-14-11(13)10(8-12)9-6-4-3-5-7-9/h3-7,10H,2H2,1H3/t10-/m1/s1. The number of hydrogen-bond acceptors (Lipinski definition) is 3. The van der Waals surface area contributed by atoms with E-state index in [9.17, 15) is 4.79 Å². The molecule has 1 atom stereocenters. The molecule has 0 aliphatic heterocycles. The van der Waals surface area contributed by atoms with Gasteiger partial charge in [0.2, 0.25) is 0 Å². The van der Waals surface area contributed by atoms with Crippen molar-refractivity contribution in [2.24, 2.45) is 0 Å².